The van der Waals surface area contributed by atoms with Crippen LogP contribution < -0.4 is 10.1 Å². The van der Waals surface area contributed by atoms with Gasteiger partial charge in [-0.15, -0.1) is 5.10 Å². The number of aryl methyl sites for hydroxylation is 1. The van der Waals surface area contributed by atoms with E-state index in [0.717, 1.165) is 68.3 Å². The van der Waals surface area contributed by atoms with E-state index in [1.54, 1.807) is 6.20 Å². The molecule has 0 spiro atoms. The molecule has 1 saturated heterocycles. The lowest BCUT2D eigenvalue weighted by Gasteiger charge is -2.35. The van der Waals surface area contributed by atoms with Gasteiger partial charge in [0.05, 0.1) is 12.3 Å². The number of benzene rings is 1. The summed E-state index contributed by atoms with van der Waals surface area (Å²) in [6.45, 7) is 2.50. The van der Waals surface area contributed by atoms with Gasteiger partial charge in [-0.3, -0.25) is 0 Å². The predicted molar refractivity (Wildman–Crippen MR) is 145 cm³/mol. The van der Waals surface area contributed by atoms with Crippen LogP contribution in [0, 0.1) is 0 Å². The molecule has 11 heteroatoms. The topological polar surface area (TPSA) is 116 Å². The average Bonchev–Trinajstić information content (AvgIpc) is 3.59. The van der Waals surface area contributed by atoms with Crippen LogP contribution in [0.3, 0.4) is 0 Å². The third-order valence-electron chi connectivity index (χ3n) is 7.82. The van der Waals surface area contributed by atoms with E-state index >= 15 is 0 Å². The Morgan fingerprint density at radius 3 is 2.81 bits per heavy atom. The van der Waals surface area contributed by atoms with Gasteiger partial charge in [-0.25, -0.2) is 18.5 Å². The first kappa shape index (κ1) is 24.3. The Bertz CT molecular complexity index is 1390. The molecule has 6 bridgehead atoms. The quantitative estimate of drug-likeness (QED) is 0.453. The van der Waals surface area contributed by atoms with Crippen LogP contribution in [0.25, 0.3) is 11.1 Å². The van der Waals surface area contributed by atoms with Gasteiger partial charge >= 0.3 is 0 Å². The minimum atomic E-state index is -3.75. The molecule has 5 heterocycles. The molecule has 3 aliphatic heterocycles. The second kappa shape index (κ2) is 10.0. The van der Waals surface area contributed by atoms with Gasteiger partial charge in [0.15, 0.2) is 0 Å². The molecule has 1 aliphatic carbocycles. The van der Waals surface area contributed by atoms with E-state index < -0.39 is 10.0 Å². The minimum absolute atomic E-state index is 0. The molecule has 7 rings (SSSR count). The normalized spacial score (nSPS) is 23.9. The number of nitrogens with zero attached hydrogens (tertiary/aromatic N) is 5. The maximum Gasteiger partial charge on any atom is 0.278 e. The van der Waals surface area contributed by atoms with E-state index in [0.29, 0.717) is 31.6 Å². The highest BCUT2D eigenvalue weighted by Crippen LogP contribution is 2.39. The Kier molecular flexibility index (Phi) is 6.60. The smallest absolute Gasteiger partial charge is 0.278 e. The number of anilines is 2. The highest BCUT2D eigenvalue weighted by molar-refractivity contribution is 7.88. The number of fused-ring (bicyclic) bond motifs is 8. The number of pyridine rings is 1. The van der Waals surface area contributed by atoms with E-state index in [4.69, 9.17) is 4.74 Å². The zero-order valence-electron chi connectivity index (χ0n) is 21.1. The number of aromatic amines is 1. The van der Waals surface area contributed by atoms with E-state index in [9.17, 15) is 8.42 Å². The average molecular weight is 528 g/mol. The summed E-state index contributed by atoms with van der Waals surface area (Å²) in [5, 5.41) is 10.2. The summed E-state index contributed by atoms with van der Waals surface area (Å²) in [6, 6.07) is 8.57. The predicted octanol–water partition coefficient (Wildman–Crippen LogP) is 3.85. The number of piperidine rings is 1. The molecule has 10 nitrogen and oxygen atoms in total. The number of hydrogen-bond donors (Lipinski definition) is 2. The molecule has 200 valence electrons. The van der Waals surface area contributed by atoms with Crippen molar-refractivity contribution < 1.29 is 16.0 Å². The lowest BCUT2D eigenvalue weighted by Crippen LogP contribution is -2.45. The van der Waals surface area contributed by atoms with Crippen LogP contribution in [0.2, 0.25) is 0 Å². The van der Waals surface area contributed by atoms with E-state index in [1.807, 2.05) is 12.1 Å². The van der Waals surface area contributed by atoms with E-state index in [2.05, 4.69) is 49.6 Å². The Labute approximate surface area is 220 Å². The van der Waals surface area contributed by atoms with Gasteiger partial charge in [-0.1, -0.05) is 12.1 Å². The van der Waals surface area contributed by atoms with Crippen molar-refractivity contribution in [2.75, 3.05) is 38.6 Å². The summed E-state index contributed by atoms with van der Waals surface area (Å²) in [4.78, 5) is 11.2. The van der Waals surface area contributed by atoms with Gasteiger partial charge in [-0.2, -0.15) is 9.29 Å². The van der Waals surface area contributed by atoms with Gasteiger partial charge < -0.3 is 15.0 Å². The summed E-state index contributed by atoms with van der Waals surface area (Å²) >= 11 is 0. The van der Waals surface area contributed by atoms with Gasteiger partial charge in [0.1, 0.15) is 0 Å². The lowest BCUT2D eigenvalue weighted by atomic mass is 9.98. The summed E-state index contributed by atoms with van der Waals surface area (Å²) in [5.74, 6) is 0.847. The molecule has 1 aromatic carbocycles. The van der Waals surface area contributed by atoms with Crippen molar-refractivity contribution in [1.29, 1.82) is 0 Å². The second-order valence-corrected chi connectivity index (χ2v) is 12.0. The summed E-state index contributed by atoms with van der Waals surface area (Å²) in [5.41, 5.74) is 5.39. The molecule has 0 radical (unpaired) electrons. The van der Waals surface area contributed by atoms with Crippen molar-refractivity contribution in [3.8, 4) is 17.0 Å². The number of rotatable bonds is 0. The van der Waals surface area contributed by atoms with Crippen LogP contribution in [-0.4, -0.2) is 77.1 Å². The highest BCUT2D eigenvalue weighted by Gasteiger charge is 2.33. The summed E-state index contributed by atoms with van der Waals surface area (Å²) < 4.78 is 34.3. The fourth-order valence-electron chi connectivity index (χ4n) is 5.70. The molecule has 1 fully saturated rings. The number of aromatic nitrogens is 4. The van der Waals surface area contributed by atoms with Gasteiger partial charge in [-0.05, 0) is 81.3 Å². The highest BCUT2D eigenvalue weighted by atomic mass is 32.2. The fraction of sp³-hybridized carbons (Fsp3) is 0.500. The van der Waals surface area contributed by atoms with Gasteiger partial charge in [0.25, 0.3) is 15.2 Å². The minimum Gasteiger partial charge on any atom is -0.478 e. The number of nitrogens with one attached hydrogen (secondary N) is 2. The van der Waals surface area contributed by atoms with E-state index in [1.165, 1.54) is 15.4 Å². The van der Waals surface area contributed by atoms with Crippen molar-refractivity contribution in [2.45, 2.75) is 56.1 Å². The molecular weight excluding hydrogens is 490 g/mol. The van der Waals surface area contributed by atoms with Crippen molar-refractivity contribution in [1.82, 2.24) is 29.4 Å². The first-order valence-corrected chi connectivity index (χ1v) is 14.6. The summed E-state index contributed by atoms with van der Waals surface area (Å²) in [7, 11) is -1.63. The molecule has 0 amide bonds. The zero-order valence-corrected chi connectivity index (χ0v) is 21.9. The Balaban J connectivity index is 0.00000176. The first-order chi connectivity index (χ1) is 18.0. The molecule has 3 aromatic rings. The zero-order chi connectivity index (χ0) is 25.4. The second-order valence-electron chi connectivity index (χ2n) is 10.1. The standard InChI is InChI=1S/C26H33N7O3S.2H2/c1-32-13-2-3-16-36-23-17-19(9-12-27-23)22-8-7-18-5-4-6-21(18)24(22)28-25-29-26(31-30-25)37(34,35)33-14-10-20(32)11-15-33;;/h7-9,12,17,20H,2-6,10-11,13-16H2,1H3,(H2,28,29,30,31);2*1H. The molecular formula is C26H37N7O3S. The van der Waals surface area contributed by atoms with Crippen molar-refractivity contribution >= 4 is 21.7 Å². The molecule has 2 aromatic heterocycles. The van der Waals surface area contributed by atoms with Crippen LogP contribution in [0.1, 0.15) is 46.1 Å². The maximum absolute atomic E-state index is 13.4. The maximum atomic E-state index is 13.4. The van der Waals surface area contributed by atoms with Gasteiger partial charge in [0, 0.05) is 39.8 Å². The van der Waals surface area contributed by atoms with Crippen molar-refractivity contribution in [3.05, 3.63) is 41.6 Å². The molecule has 0 atom stereocenters. The third kappa shape index (κ3) is 4.83. The van der Waals surface area contributed by atoms with Gasteiger partial charge in [0.2, 0.25) is 11.8 Å². The van der Waals surface area contributed by atoms with Crippen LogP contribution >= 0.6 is 0 Å². The Morgan fingerprint density at radius 1 is 1.08 bits per heavy atom. The largest absolute Gasteiger partial charge is 0.478 e. The van der Waals surface area contributed by atoms with Crippen LogP contribution in [0.5, 0.6) is 5.88 Å². The SMILES string of the molecule is CN1CCCCOc2cc(ccn2)-c2ccc3c(c2Nc2n[nH]c(n2)S(=O)(=O)N2CCC1CC2)CCC3.[HH].[HH]. The summed E-state index contributed by atoms with van der Waals surface area (Å²) in [6.07, 6.45) is 8.34. The van der Waals surface area contributed by atoms with Crippen LogP contribution in [-0.2, 0) is 22.9 Å². The Morgan fingerprint density at radius 2 is 1.95 bits per heavy atom. The molecule has 0 saturated carbocycles. The molecule has 4 aliphatic rings. The lowest BCUT2D eigenvalue weighted by molar-refractivity contribution is 0.163. The van der Waals surface area contributed by atoms with Crippen LogP contribution in [0.4, 0.5) is 11.6 Å². The molecule has 2 N–H and O–H groups in total. The number of H-pyrrole nitrogens is 1. The number of hydrogen-bond acceptors (Lipinski definition) is 8. The monoisotopic (exact) mass is 527 g/mol. The van der Waals surface area contributed by atoms with Crippen molar-refractivity contribution in [3.63, 3.8) is 0 Å². The van der Waals surface area contributed by atoms with E-state index in [-0.39, 0.29) is 14.0 Å². The third-order valence-corrected chi connectivity index (χ3v) is 9.53. The fourth-order valence-corrected chi connectivity index (χ4v) is 7.00. The van der Waals surface area contributed by atoms with Crippen LogP contribution in [0.15, 0.2) is 35.6 Å². The number of ether oxygens (including phenoxy) is 1. The van der Waals surface area contributed by atoms with Crippen molar-refractivity contribution in [2.24, 2.45) is 0 Å². The Hall–Kier alpha value is -3.02. The molecule has 0 unspecified atom stereocenters. The first-order valence-electron chi connectivity index (χ1n) is 13.1. The number of sulfonamides is 1. The molecule has 37 heavy (non-hydrogen) atoms.